The quantitative estimate of drug-likeness (QED) is 0.602. The van der Waals surface area contributed by atoms with E-state index in [1.807, 2.05) is 6.92 Å². The van der Waals surface area contributed by atoms with E-state index in [4.69, 9.17) is 0 Å². The molecule has 2 atom stereocenters. The van der Waals surface area contributed by atoms with Crippen molar-refractivity contribution >= 4 is 5.82 Å². The van der Waals surface area contributed by atoms with E-state index < -0.39 is 11.0 Å². The average molecular weight is 213 g/mol. The van der Waals surface area contributed by atoms with Crippen molar-refractivity contribution in [3.8, 4) is 0 Å². The summed E-state index contributed by atoms with van der Waals surface area (Å²) in [6.07, 6.45) is 1.42. The minimum atomic E-state index is -0.621. The van der Waals surface area contributed by atoms with Crippen molar-refractivity contribution in [2.45, 2.75) is 32.3 Å². The fraction of sp³-hybridized carbons (Fsp3) is 0.667. The Labute approximate surface area is 87.7 Å². The normalized spacial score (nSPS) is 14.9. The molecule has 0 aliphatic carbocycles. The van der Waals surface area contributed by atoms with Crippen LogP contribution in [0.2, 0.25) is 0 Å². The third-order valence-corrected chi connectivity index (χ3v) is 2.51. The highest BCUT2D eigenvalue weighted by molar-refractivity contribution is 5.31. The molecule has 1 N–H and O–H groups in total. The molecule has 6 heteroatoms. The van der Waals surface area contributed by atoms with Crippen molar-refractivity contribution in [2.24, 2.45) is 7.05 Å². The highest BCUT2D eigenvalue weighted by atomic mass is 16.6. The van der Waals surface area contributed by atoms with Gasteiger partial charge in [0.1, 0.15) is 5.69 Å². The molecular weight excluding hydrogens is 198 g/mol. The lowest BCUT2D eigenvalue weighted by Crippen LogP contribution is -2.17. The van der Waals surface area contributed by atoms with E-state index >= 15 is 0 Å². The van der Waals surface area contributed by atoms with Crippen LogP contribution < -0.4 is 0 Å². The average Bonchev–Trinajstić information content (AvgIpc) is 2.49. The largest absolute Gasteiger partial charge is 0.393 e. The molecular formula is C9H15N3O3. The highest BCUT2D eigenvalue weighted by Gasteiger charge is 2.29. The summed E-state index contributed by atoms with van der Waals surface area (Å²) in [6, 6.07) is 0. The van der Waals surface area contributed by atoms with E-state index in [9.17, 15) is 15.2 Å². The second kappa shape index (κ2) is 4.39. The zero-order valence-electron chi connectivity index (χ0n) is 9.04. The first kappa shape index (κ1) is 11.6. The fourth-order valence-corrected chi connectivity index (χ4v) is 1.76. The molecule has 0 spiro atoms. The molecule has 15 heavy (non-hydrogen) atoms. The van der Waals surface area contributed by atoms with Crippen LogP contribution in [-0.4, -0.2) is 25.7 Å². The molecule has 2 unspecified atom stereocenters. The number of hydrogen-bond donors (Lipinski definition) is 1. The van der Waals surface area contributed by atoms with Crippen LogP contribution in [0.3, 0.4) is 0 Å². The number of nitro groups is 1. The Hall–Kier alpha value is -1.43. The van der Waals surface area contributed by atoms with Crippen LogP contribution in [0, 0.1) is 10.1 Å². The highest BCUT2D eigenvalue weighted by Crippen LogP contribution is 2.29. The van der Waals surface area contributed by atoms with Crippen molar-refractivity contribution in [3.05, 3.63) is 22.1 Å². The SMILES string of the molecule is CCC(c1c([N+](=O)[O-])ncn1C)C(C)O. The van der Waals surface area contributed by atoms with Gasteiger partial charge in [0.15, 0.2) is 0 Å². The molecule has 1 rings (SSSR count). The third-order valence-electron chi connectivity index (χ3n) is 2.51. The minimum absolute atomic E-state index is 0.162. The number of aliphatic hydroxyl groups is 1. The molecule has 0 aliphatic heterocycles. The number of aliphatic hydroxyl groups excluding tert-OH is 1. The number of aryl methyl sites for hydroxylation is 1. The molecule has 0 amide bonds. The molecule has 1 aromatic heterocycles. The van der Waals surface area contributed by atoms with E-state index in [0.717, 1.165) is 0 Å². The lowest BCUT2D eigenvalue weighted by molar-refractivity contribution is -0.390. The second-order valence-electron chi connectivity index (χ2n) is 3.58. The fourth-order valence-electron chi connectivity index (χ4n) is 1.76. The summed E-state index contributed by atoms with van der Waals surface area (Å²) in [4.78, 5) is 13.9. The van der Waals surface area contributed by atoms with Gasteiger partial charge < -0.3 is 19.8 Å². The summed E-state index contributed by atoms with van der Waals surface area (Å²) >= 11 is 0. The van der Waals surface area contributed by atoms with Gasteiger partial charge in [0.2, 0.25) is 6.33 Å². The van der Waals surface area contributed by atoms with Gasteiger partial charge in [-0.3, -0.25) is 0 Å². The summed E-state index contributed by atoms with van der Waals surface area (Å²) in [5.41, 5.74) is 0.484. The predicted octanol–water partition coefficient (Wildman–Crippen LogP) is 1.20. The van der Waals surface area contributed by atoms with Gasteiger partial charge in [-0.15, -0.1) is 0 Å². The molecule has 1 heterocycles. The Morgan fingerprint density at radius 3 is 2.73 bits per heavy atom. The maximum atomic E-state index is 10.7. The maximum Gasteiger partial charge on any atom is 0.385 e. The lowest BCUT2D eigenvalue weighted by atomic mass is 9.96. The van der Waals surface area contributed by atoms with Gasteiger partial charge in [-0.25, -0.2) is 0 Å². The van der Waals surface area contributed by atoms with E-state index in [0.29, 0.717) is 12.1 Å². The Morgan fingerprint density at radius 2 is 2.33 bits per heavy atom. The Bertz CT molecular complexity index is 359. The first-order chi connectivity index (χ1) is 6.99. The van der Waals surface area contributed by atoms with Crippen LogP contribution >= 0.6 is 0 Å². The molecule has 0 bridgehead atoms. The van der Waals surface area contributed by atoms with Gasteiger partial charge in [-0.2, -0.15) is 0 Å². The van der Waals surface area contributed by atoms with Crippen LogP contribution in [-0.2, 0) is 7.05 Å². The molecule has 84 valence electrons. The first-order valence-electron chi connectivity index (χ1n) is 4.82. The van der Waals surface area contributed by atoms with Gasteiger partial charge >= 0.3 is 5.82 Å². The zero-order chi connectivity index (χ0) is 11.6. The summed E-state index contributed by atoms with van der Waals surface area (Å²) < 4.78 is 1.60. The van der Waals surface area contributed by atoms with Crippen LogP contribution in [0.15, 0.2) is 6.33 Å². The van der Waals surface area contributed by atoms with Crippen molar-refractivity contribution in [2.75, 3.05) is 0 Å². The van der Waals surface area contributed by atoms with E-state index in [1.54, 1.807) is 18.5 Å². The zero-order valence-corrected chi connectivity index (χ0v) is 9.04. The van der Waals surface area contributed by atoms with Crippen LogP contribution in [0.1, 0.15) is 31.9 Å². The van der Waals surface area contributed by atoms with Crippen LogP contribution in [0.5, 0.6) is 0 Å². The summed E-state index contributed by atoms with van der Waals surface area (Å²) in [5, 5.41) is 20.3. The second-order valence-corrected chi connectivity index (χ2v) is 3.58. The monoisotopic (exact) mass is 213 g/mol. The van der Waals surface area contributed by atoms with Gasteiger partial charge in [0.25, 0.3) is 0 Å². The number of aromatic nitrogens is 2. The number of hydrogen-bond acceptors (Lipinski definition) is 4. The topological polar surface area (TPSA) is 81.2 Å². The van der Waals surface area contributed by atoms with E-state index in [2.05, 4.69) is 4.98 Å². The van der Waals surface area contributed by atoms with Crippen molar-refractivity contribution in [3.63, 3.8) is 0 Å². The minimum Gasteiger partial charge on any atom is -0.393 e. The molecule has 0 fully saturated rings. The maximum absolute atomic E-state index is 10.7. The Kier molecular flexibility index (Phi) is 3.41. The molecule has 0 saturated carbocycles. The van der Waals surface area contributed by atoms with E-state index in [1.165, 1.54) is 6.33 Å². The summed E-state index contributed by atoms with van der Waals surface area (Å²) in [6.45, 7) is 3.51. The third kappa shape index (κ3) is 2.15. The van der Waals surface area contributed by atoms with Crippen molar-refractivity contribution in [1.82, 2.24) is 9.55 Å². The van der Waals surface area contributed by atoms with Crippen LogP contribution in [0.25, 0.3) is 0 Å². The first-order valence-corrected chi connectivity index (χ1v) is 4.82. The number of imidazole rings is 1. The number of nitrogens with zero attached hydrogens (tertiary/aromatic N) is 3. The van der Waals surface area contributed by atoms with Crippen molar-refractivity contribution < 1.29 is 10.0 Å². The van der Waals surface area contributed by atoms with Crippen LogP contribution in [0.4, 0.5) is 5.82 Å². The molecule has 0 aliphatic rings. The smallest absolute Gasteiger partial charge is 0.385 e. The summed E-state index contributed by atoms with van der Waals surface area (Å²) in [5.74, 6) is -0.414. The Balaban J connectivity index is 3.20. The van der Waals surface area contributed by atoms with Crippen molar-refractivity contribution in [1.29, 1.82) is 0 Å². The predicted molar refractivity (Wildman–Crippen MR) is 54.6 cm³/mol. The van der Waals surface area contributed by atoms with Gasteiger partial charge in [0, 0.05) is 13.0 Å². The molecule has 0 aromatic carbocycles. The number of rotatable bonds is 4. The molecule has 0 radical (unpaired) electrons. The van der Waals surface area contributed by atoms with Gasteiger partial charge in [-0.05, 0) is 23.3 Å². The Morgan fingerprint density at radius 1 is 1.73 bits per heavy atom. The van der Waals surface area contributed by atoms with E-state index in [-0.39, 0.29) is 11.7 Å². The standard InChI is InChI=1S/C9H15N3O3/c1-4-7(6(2)13)8-9(12(14)15)10-5-11(8)3/h5-7,13H,4H2,1-3H3. The molecule has 6 nitrogen and oxygen atoms in total. The lowest BCUT2D eigenvalue weighted by Gasteiger charge is -2.17. The van der Waals surface area contributed by atoms with Gasteiger partial charge in [0.05, 0.1) is 6.10 Å². The summed E-state index contributed by atoms with van der Waals surface area (Å²) in [7, 11) is 1.69. The molecule has 0 saturated heterocycles. The van der Waals surface area contributed by atoms with Gasteiger partial charge in [-0.1, -0.05) is 6.92 Å². The molecule has 1 aromatic rings.